The summed E-state index contributed by atoms with van der Waals surface area (Å²) in [6, 6.07) is 15.8. The molecular formula is C19H22O2S. The minimum atomic E-state index is 0.491. The molecule has 0 N–H and O–H groups in total. The Hall–Kier alpha value is -1.87. The van der Waals surface area contributed by atoms with Crippen molar-refractivity contribution in [3.05, 3.63) is 59.7 Å². The Morgan fingerprint density at radius 3 is 2.14 bits per heavy atom. The van der Waals surface area contributed by atoms with Crippen LogP contribution >= 0.6 is 12.2 Å². The largest absolute Gasteiger partial charge is 0.497 e. The first-order valence-corrected chi connectivity index (χ1v) is 8.09. The van der Waals surface area contributed by atoms with Crippen molar-refractivity contribution >= 4 is 17.3 Å². The molecule has 0 amide bonds. The van der Waals surface area contributed by atoms with Crippen LogP contribution in [-0.4, -0.2) is 12.2 Å². The third kappa shape index (κ3) is 4.85. The van der Waals surface area contributed by atoms with E-state index in [1.165, 1.54) is 24.8 Å². The molecule has 0 spiro atoms. The van der Waals surface area contributed by atoms with Crippen LogP contribution in [-0.2, 0) is 6.42 Å². The molecule has 0 aliphatic heterocycles. The second-order valence-electron chi connectivity index (χ2n) is 5.22. The summed E-state index contributed by atoms with van der Waals surface area (Å²) < 4.78 is 10.8. The van der Waals surface area contributed by atoms with E-state index in [-0.39, 0.29) is 0 Å². The quantitative estimate of drug-likeness (QED) is 0.518. The molecule has 22 heavy (non-hydrogen) atoms. The number of thiocarbonyl (C=S) groups is 1. The van der Waals surface area contributed by atoms with Gasteiger partial charge < -0.3 is 9.47 Å². The number of methoxy groups -OCH3 is 1. The van der Waals surface area contributed by atoms with Crippen molar-refractivity contribution in [3.63, 3.8) is 0 Å². The molecule has 2 aromatic rings. The highest BCUT2D eigenvalue weighted by Crippen LogP contribution is 2.19. The van der Waals surface area contributed by atoms with Crippen LogP contribution in [0.15, 0.2) is 48.5 Å². The van der Waals surface area contributed by atoms with Crippen LogP contribution < -0.4 is 9.47 Å². The van der Waals surface area contributed by atoms with Crippen molar-refractivity contribution in [1.29, 1.82) is 0 Å². The molecule has 0 saturated heterocycles. The Morgan fingerprint density at radius 2 is 1.55 bits per heavy atom. The van der Waals surface area contributed by atoms with E-state index in [2.05, 4.69) is 19.1 Å². The lowest BCUT2D eigenvalue weighted by Crippen LogP contribution is -2.07. The number of hydrogen-bond donors (Lipinski definition) is 0. The number of ether oxygens (including phenoxy) is 2. The third-order valence-corrected chi connectivity index (χ3v) is 3.85. The third-order valence-electron chi connectivity index (χ3n) is 3.53. The highest BCUT2D eigenvalue weighted by molar-refractivity contribution is 7.80. The SMILES string of the molecule is CCCCCc1ccc(C(=S)Oc2ccc(OC)cc2)cc1. The zero-order chi connectivity index (χ0) is 15.8. The molecule has 0 fully saturated rings. The lowest BCUT2D eigenvalue weighted by atomic mass is 10.1. The standard InChI is InChI=1S/C19H22O2S/c1-3-4-5-6-15-7-9-16(10-8-15)19(22)21-18-13-11-17(20-2)12-14-18/h7-14H,3-6H2,1-2H3. The maximum atomic E-state index is 5.71. The summed E-state index contributed by atoms with van der Waals surface area (Å²) >= 11 is 5.36. The summed E-state index contributed by atoms with van der Waals surface area (Å²) in [5.74, 6) is 1.52. The molecule has 0 heterocycles. The van der Waals surface area contributed by atoms with Gasteiger partial charge in [-0.25, -0.2) is 0 Å². The molecule has 0 radical (unpaired) electrons. The maximum absolute atomic E-state index is 5.71. The fraction of sp³-hybridized carbons (Fsp3) is 0.316. The molecule has 0 saturated carbocycles. The highest BCUT2D eigenvalue weighted by Gasteiger charge is 2.05. The Labute approximate surface area is 138 Å². The molecule has 2 nitrogen and oxygen atoms in total. The minimum absolute atomic E-state index is 0.491. The fourth-order valence-electron chi connectivity index (χ4n) is 2.20. The first-order chi connectivity index (χ1) is 10.7. The summed E-state index contributed by atoms with van der Waals surface area (Å²) in [7, 11) is 1.64. The number of benzene rings is 2. The minimum Gasteiger partial charge on any atom is -0.497 e. The van der Waals surface area contributed by atoms with Crippen molar-refractivity contribution in [2.24, 2.45) is 0 Å². The van der Waals surface area contributed by atoms with Gasteiger partial charge in [-0.05, 0) is 54.9 Å². The van der Waals surface area contributed by atoms with Gasteiger partial charge in [0.2, 0.25) is 0 Å². The van der Waals surface area contributed by atoms with Gasteiger partial charge in [0.05, 0.1) is 7.11 Å². The maximum Gasteiger partial charge on any atom is 0.198 e. The van der Waals surface area contributed by atoms with E-state index in [4.69, 9.17) is 21.7 Å². The second kappa shape index (κ2) is 8.54. The molecule has 0 atom stereocenters. The molecule has 0 aliphatic rings. The van der Waals surface area contributed by atoms with Crippen LogP contribution in [0.2, 0.25) is 0 Å². The van der Waals surface area contributed by atoms with E-state index in [9.17, 15) is 0 Å². The Balaban J connectivity index is 1.94. The molecule has 2 rings (SSSR count). The average molecular weight is 314 g/mol. The number of rotatable bonds is 7. The van der Waals surface area contributed by atoms with Crippen molar-refractivity contribution in [1.82, 2.24) is 0 Å². The van der Waals surface area contributed by atoms with Gasteiger partial charge in [-0.2, -0.15) is 0 Å². The zero-order valence-corrected chi connectivity index (χ0v) is 14.0. The van der Waals surface area contributed by atoms with Gasteiger partial charge >= 0.3 is 0 Å². The highest BCUT2D eigenvalue weighted by atomic mass is 32.1. The van der Waals surface area contributed by atoms with Gasteiger partial charge in [-0.15, -0.1) is 0 Å². The summed E-state index contributed by atoms with van der Waals surface area (Å²) in [5.41, 5.74) is 2.29. The lowest BCUT2D eigenvalue weighted by Gasteiger charge is -2.09. The van der Waals surface area contributed by atoms with Crippen LogP contribution in [0.1, 0.15) is 37.3 Å². The van der Waals surface area contributed by atoms with Gasteiger partial charge in [0.15, 0.2) is 5.05 Å². The molecule has 2 aromatic carbocycles. The van der Waals surface area contributed by atoms with Gasteiger partial charge in [-0.1, -0.05) is 44.0 Å². The van der Waals surface area contributed by atoms with E-state index in [0.717, 1.165) is 23.5 Å². The van der Waals surface area contributed by atoms with E-state index in [1.54, 1.807) is 7.11 Å². The van der Waals surface area contributed by atoms with Gasteiger partial charge in [0.25, 0.3) is 0 Å². The van der Waals surface area contributed by atoms with Crippen LogP contribution in [0.3, 0.4) is 0 Å². The zero-order valence-electron chi connectivity index (χ0n) is 13.2. The van der Waals surface area contributed by atoms with Crippen LogP contribution in [0.4, 0.5) is 0 Å². The van der Waals surface area contributed by atoms with Crippen molar-refractivity contribution < 1.29 is 9.47 Å². The molecule has 0 aromatic heterocycles. The monoisotopic (exact) mass is 314 g/mol. The first kappa shape index (κ1) is 16.5. The number of unbranched alkanes of at least 4 members (excludes halogenated alkanes) is 2. The number of aryl methyl sites for hydroxylation is 1. The van der Waals surface area contributed by atoms with Crippen LogP contribution in [0.25, 0.3) is 0 Å². The molecule has 0 bridgehead atoms. The van der Waals surface area contributed by atoms with Gasteiger partial charge in [0.1, 0.15) is 11.5 Å². The summed E-state index contributed by atoms with van der Waals surface area (Å²) in [4.78, 5) is 0. The van der Waals surface area contributed by atoms with Crippen molar-refractivity contribution in [2.45, 2.75) is 32.6 Å². The first-order valence-electron chi connectivity index (χ1n) is 7.68. The van der Waals surface area contributed by atoms with Gasteiger partial charge in [0, 0.05) is 5.56 Å². The summed E-state index contributed by atoms with van der Waals surface area (Å²) in [6.45, 7) is 2.22. The normalized spacial score (nSPS) is 10.3. The lowest BCUT2D eigenvalue weighted by molar-refractivity contribution is 0.414. The second-order valence-corrected chi connectivity index (χ2v) is 5.59. The molecule has 116 valence electrons. The molecular weight excluding hydrogens is 292 g/mol. The smallest absolute Gasteiger partial charge is 0.198 e. The predicted octanol–water partition coefficient (Wildman–Crippen LogP) is 5.18. The summed E-state index contributed by atoms with van der Waals surface area (Å²) in [6.07, 6.45) is 4.89. The predicted molar refractivity (Wildman–Crippen MR) is 95.0 cm³/mol. The van der Waals surface area contributed by atoms with Crippen LogP contribution in [0.5, 0.6) is 11.5 Å². The number of hydrogen-bond acceptors (Lipinski definition) is 3. The van der Waals surface area contributed by atoms with E-state index in [0.29, 0.717) is 5.05 Å². The molecule has 3 heteroatoms. The fourth-order valence-corrected chi connectivity index (χ4v) is 2.43. The van der Waals surface area contributed by atoms with Crippen molar-refractivity contribution in [2.75, 3.05) is 7.11 Å². The Bertz CT molecular complexity index is 588. The molecule has 0 unspecified atom stereocenters. The summed E-state index contributed by atoms with van der Waals surface area (Å²) in [5, 5.41) is 0.491. The molecule has 0 aliphatic carbocycles. The Morgan fingerprint density at radius 1 is 0.909 bits per heavy atom. The van der Waals surface area contributed by atoms with Crippen LogP contribution in [0, 0.1) is 0 Å². The van der Waals surface area contributed by atoms with E-state index < -0.39 is 0 Å². The van der Waals surface area contributed by atoms with E-state index >= 15 is 0 Å². The topological polar surface area (TPSA) is 18.5 Å². The van der Waals surface area contributed by atoms with Crippen molar-refractivity contribution in [3.8, 4) is 11.5 Å². The van der Waals surface area contributed by atoms with Gasteiger partial charge in [-0.3, -0.25) is 0 Å². The average Bonchev–Trinajstić information content (AvgIpc) is 2.56. The van der Waals surface area contributed by atoms with E-state index in [1.807, 2.05) is 36.4 Å². The Kier molecular flexibility index (Phi) is 6.41.